The molecule has 2 atom stereocenters. The van der Waals surface area contributed by atoms with Gasteiger partial charge in [0, 0.05) is 12.1 Å². The number of halogens is 2. The van der Waals surface area contributed by atoms with Crippen LogP contribution in [-0.2, 0) is 4.74 Å². The van der Waals surface area contributed by atoms with Crippen LogP contribution in [0, 0.1) is 0 Å². The zero-order valence-corrected chi connectivity index (χ0v) is 13.8. The number of aliphatic hydroxyl groups is 2. The monoisotopic (exact) mass is 347 g/mol. The Bertz CT molecular complexity index is 533. The lowest BCUT2D eigenvalue weighted by Gasteiger charge is -2.22. The number of para-hydroxylation sites is 1. The van der Waals surface area contributed by atoms with Gasteiger partial charge >= 0.3 is 12.7 Å². The topological polar surface area (TPSA) is 88.0 Å². The van der Waals surface area contributed by atoms with Crippen LogP contribution in [-0.4, -0.2) is 41.2 Å². The number of alkyl carbamates (subject to hydrolysis) is 1. The standard InChI is InChI=1S/C16H23F2NO5/c1-16(2,3)24-15(22)19-9-8-11(20)13(21)10-6-4-5-7-12(10)23-14(17)18/h4-7,11,13-14,20-21H,8-9H2,1-3H3,(H,19,22). The molecule has 2 unspecified atom stereocenters. The van der Waals surface area contributed by atoms with Gasteiger partial charge in [0.2, 0.25) is 0 Å². The fraction of sp³-hybridized carbons (Fsp3) is 0.562. The van der Waals surface area contributed by atoms with Crippen LogP contribution in [0.3, 0.4) is 0 Å². The van der Waals surface area contributed by atoms with Crippen LogP contribution in [0.25, 0.3) is 0 Å². The Morgan fingerprint density at radius 1 is 1.25 bits per heavy atom. The maximum Gasteiger partial charge on any atom is 0.407 e. The average molecular weight is 347 g/mol. The number of ether oxygens (including phenoxy) is 2. The molecule has 1 aromatic rings. The number of nitrogens with one attached hydrogen (secondary N) is 1. The van der Waals surface area contributed by atoms with Crippen molar-refractivity contribution in [1.82, 2.24) is 5.32 Å². The molecule has 0 radical (unpaired) electrons. The summed E-state index contributed by atoms with van der Waals surface area (Å²) in [5, 5.41) is 22.5. The molecule has 0 saturated carbocycles. The highest BCUT2D eigenvalue weighted by atomic mass is 19.3. The number of benzene rings is 1. The third kappa shape index (κ3) is 7.10. The molecule has 0 aliphatic carbocycles. The van der Waals surface area contributed by atoms with E-state index in [4.69, 9.17) is 4.74 Å². The summed E-state index contributed by atoms with van der Waals surface area (Å²) in [7, 11) is 0. The van der Waals surface area contributed by atoms with E-state index in [9.17, 15) is 23.8 Å². The van der Waals surface area contributed by atoms with Gasteiger partial charge in [-0.05, 0) is 33.3 Å². The largest absolute Gasteiger partial charge is 0.444 e. The van der Waals surface area contributed by atoms with Crippen molar-refractivity contribution in [3.8, 4) is 5.75 Å². The minimum Gasteiger partial charge on any atom is -0.444 e. The SMILES string of the molecule is CC(C)(C)OC(=O)NCCC(O)C(O)c1ccccc1OC(F)F. The van der Waals surface area contributed by atoms with Crippen LogP contribution in [0.5, 0.6) is 5.75 Å². The van der Waals surface area contributed by atoms with Crippen molar-refractivity contribution in [3.63, 3.8) is 0 Å². The summed E-state index contributed by atoms with van der Waals surface area (Å²) in [5.41, 5.74) is -0.601. The van der Waals surface area contributed by atoms with E-state index in [1.54, 1.807) is 20.8 Å². The first-order chi connectivity index (χ1) is 11.1. The molecule has 0 bridgehead atoms. The number of alkyl halides is 2. The van der Waals surface area contributed by atoms with Crippen LogP contribution in [0.15, 0.2) is 24.3 Å². The van der Waals surface area contributed by atoms with Crippen molar-refractivity contribution in [1.29, 1.82) is 0 Å². The Morgan fingerprint density at radius 2 is 1.88 bits per heavy atom. The molecule has 3 N–H and O–H groups in total. The number of hydrogen-bond acceptors (Lipinski definition) is 5. The van der Waals surface area contributed by atoms with Gasteiger partial charge < -0.3 is 25.0 Å². The lowest BCUT2D eigenvalue weighted by molar-refractivity contribution is -0.0541. The molecular weight excluding hydrogens is 324 g/mol. The molecule has 0 saturated heterocycles. The molecule has 1 amide bonds. The van der Waals surface area contributed by atoms with Gasteiger partial charge in [0.1, 0.15) is 17.5 Å². The van der Waals surface area contributed by atoms with Crippen LogP contribution in [0.2, 0.25) is 0 Å². The molecule has 24 heavy (non-hydrogen) atoms. The second-order valence-corrected chi connectivity index (χ2v) is 6.15. The normalized spacial score (nSPS) is 14.2. The highest BCUT2D eigenvalue weighted by Crippen LogP contribution is 2.29. The maximum absolute atomic E-state index is 12.4. The van der Waals surface area contributed by atoms with Gasteiger partial charge in [0.25, 0.3) is 0 Å². The van der Waals surface area contributed by atoms with Crippen LogP contribution >= 0.6 is 0 Å². The lowest BCUT2D eigenvalue weighted by Crippen LogP contribution is -2.34. The van der Waals surface area contributed by atoms with Gasteiger partial charge in [0.05, 0.1) is 6.10 Å². The van der Waals surface area contributed by atoms with Gasteiger partial charge in [-0.2, -0.15) is 8.78 Å². The first-order valence-corrected chi connectivity index (χ1v) is 7.47. The number of carbonyl (C=O) groups is 1. The van der Waals surface area contributed by atoms with Crippen LogP contribution < -0.4 is 10.1 Å². The zero-order valence-electron chi connectivity index (χ0n) is 13.8. The number of carbonyl (C=O) groups excluding carboxylic acids is 1. The maximum atomic E-state index is 12.4. The summed E-state index contributed by atoms with van der Waals surface area (Å²) < 4.78 is 34.1. The minimum absolute atomic E-state index is 0.00340. The summed E-state index contributed by atoms with van der Waals surface area (Å²) in [5.74, 6) is -0.209. The molecule has 0 fully saturated rings. The molecule has 1 rings (SSSR count). The molecule has 136 valence electrons. The van der Waals surface area contributed by atoms with Gasteiger partial charge in [-0.25, -0.2) is 4.79 Å². The third-order valence-corrected chi connectivity index (χ3v) is 2.93. The quantitative estimate of drug-likeness (QED) is 0.706. The van der Waals surface area contributed by atoms with Gasteiger partial charge in [-0.1, -0.05) is 18.2 Å². The Balaban J connectivity index is 2.56. The molecule has 8 heteroatoms. The van der Waals surface area contributed by atoms with E-state index in [0.29, 0.717) is 0 Å². The zero-order chi connectivity index (χ0) is 18.3. The minimum atomic E-state index is -3.04. The third-order valence-electron chi connectivity index (χ3n) is 2.93. The Labute approximate surface area is 139 Å². The highest BCUT2D eigenvalue weighted by Gasteiger charge is 2.23. The first-order valence-electron chi connectivity index (χ1n) is 7.47. The second kappa shape index (κ2) is 8.79. The van der Waals surface area contributed by atoms with Crippen molar-refractivity contribution >= 4 is 6.09 Å². The summed E-state index contributed by atoms with van der Waals surface area (Å²) in [6, 6.07) is 5.66. The molecular formula is C16H23F2NO5. The predicted octanol–water partition coefficient (Wildman–Crippen LogP) is 2.60. The Hall–Kier alpha value is -1.93. The van der Waals surface area contributed by atoms with Crippen molar-refractivity contribution < 1.29 is 33.3 Å². The van der Waals surface area contributed by atoms with E-state index in [1.165, 1.54) is 24.3 Å². The number of amides is 1. The molecule has 6 nitrogen and oxygen atoms in total. The number of hydrogen-bond donors (Lipinski definition) is 3. The molecule has 0 aliphatic heterocycles. The fourth-order valence-electron chi connectivity index (χ4n) is 1.93. The summed E-state index contributed by atoms with van der Waals surface area (Å²) in [4.78, 5) is 11.5. The summed E-state index contributed by atoms with van der Waals surface area (Å²) in [6.07, 6.45) is -3.35. The Morgan fingerprint density at radius 3 is 2.46 bits per heavy atom. The van der Waals surface area contributed by atoms with E-state index >= 15 is 0 Å². The van der Waals surface area contributed by atoms with Gasteiger partial charge in [-0.15, -0.1) is 0 Å². The molecule has 0 spiro atoms. The lowest BCUT2D eigenvalue weighted by atomic mass is 10.0. The van der Waals surface area contributed by atoms with E-state index in [2.05, 4.69) is 10.1 Å². The van der Waals surface area contributed by atoms with Gasteiger partial charge in [-0.3, -0.25) is 0 Å². The summed E-state index contributed by atoms with van der Waals surface area (Å²) >= 11 is 0. The van der Waals surface area contributed by atoms with Crippen LogP contribution in [0.4, 0.5) is 13.6 Å². The number of aliphatic hydroxyl groups excluding tert-OH is 2. The fourth-order valence-corrected chi connectivity index (χ4v) is 1.93. The van der Waals surface area contributed by atoms with Crippen LogP contribution in [0.1, 0.15) is 38.9 Å². The Kier molecular flexibility index (Phi) is 7.37. The van der Waals surface area contributed by atoms with Gasteiger partial charge in [0.15, 0.2) is 0 Å². The van der Waals surface area contributed by atoms with Crippen molar-refractivity contribution in [2.45, 2.75) is 51.6 Å². The molecule has 0 heterocycles. The second-order valence-electron chi connectivity index (χ2n) is 6.15. The van der Waals surface area contributed by atoms with E-state index in [-0.39, 0.29) is 24.3 Å². The van der Waals surface area contributed by atoms with E-state index in [0.717, 1.165) is 0 Å². The smallest absolute Gasteiger partial charge is 0.407 e. The summed E-state index contributed by atoms with van der Waals surface area (Å²) in [6.45, 7) is 2.15. The molecule has 0 aliphatic rings. The molecule has 0 aromatic heterocycles. The molecule has 1 aromatic carbocycles. The van der Waals surface area contributed by atoms with E-state index in [1.807, 2.05) is 0 Å². The van der Waals surface area contributed by atoms with Crippen molar-refractivity contribution in [3.05, 3.63) is 29.8 Å². The first kappa shape index (κ1) is 20.1. The number of rotatable bonds is 7. The average Bonchev–Trinajstić information content (AvgIpc) is 2.44. The highest BCUT2D eigenvalue weighted by molar-refractivity contribution is 5.67. The van der Waals surface area contributed by atoms with Crippen molar-refractivity contribution in [2.75, 3.05) is 6.54 Å². The predicted molar refractivity (Wildman–Crippen MR) is 82.9 cm³/mol. The van der Waals surface area contributed by atoms with E-state index < -0.39 is 30.5 Å². The van der Waals surface area contributed by atoms with Crippen molar-refractivity contribution in [2.24, 2.45) is 0 Å².